The number of anilines is 2. The first-order valence-electron chi connectivity index (χ1n) is 7.37. The molecule has 1 aromatic carbocycles. The molecule has 1 aromatic heterocycles. The first-order valence-corrected chi connectivity index (χ1v) is 8.24. The van der Waals surface area contributed by atoms with Crippen LogP contribution in [0.4, 0.5) is 11.4 Å². The molecule has 0 radical (unpaired) electrons. The predicted octanol–water partition coefficient (Wildman–Crippen LogP) is 2.46. The van der Waals surface area contributed by atoms with Gasteiger partial charge >= 0.3 is 0 Å². The molecule has 24 heavy (non-hydrogen) atoms. The van der Waals surface area contributed by atoms with Gasteiger partial charge in [-0.3, -0.25) is 14.4 Å². The van der Waals surface area contributed by atoms with Crippen LogP contribution in [0.1, 0.15) is 13.3 Å². The number of carbonyl (C=O) groups is 3. The number of nitrogens with one attached hydrogen (secondary N) is 1. The van der Waals surface area contributed by atoms with Crippen molar-refractivity contribution in [3.8, 4) is 0 Å². The van der Waals surface area contributed by atoms with Crippen LogP contribution in [-0.4, -0.2) is 28.0 Å². The van der Waals surface area contributed by atoms with Crippen LogP contribution in [0.25, 0.3) is 0 Å². The fraction of sp³-hybridized carbons (Fsp3) is 0.176. The average molecular weight is 341 g/mol. The van der Waals surface area contributed by atoms with Crippen molar-refractivity contribution in [1.29, 1.82) is 0 Å². The summed E-state index contributed by atoms with van der Waals surface area (Å²) in [5.41, 5.74) is 1.12. The molecule has 2 aromatic rings. The largest absolute Gasteiger partial charge is 0.326 e. The van der Waals surface area contributed by atoms with E-state index in [0.717, 1.165) is 0 Å². The summed E-state index contributed by atoms with van der Waals surface area (Å²) in [6.07, 6.45) is 1.80. The third kappa shape index (κ3) is 3.46. The van der Waals surface area contributed by atoms with Crippen molar-refractivity contribution in [2.75, 3.05) is 10.2 Å². The zero-order valence-electron chi connectivity index (χ0n) is 12.9. The maximum Gasteiger partial charge on any atom is 0.247 e. The summed E-state index contributed by atoms with van der Waals surface area (Å²) in [5, 5.41) is 2.89. The van der Waals surface area contributed by atoms with Gasteiger partial charge in [0.1, 0.15) is 0 Å². The summed E-state index contributed by atoms with van der Waals surface area (Å²) >= 11 is 1.29. The zero-order chi connectivity index (χ0) is 17.1. The number of hydrogen-bond acceptors (Lipinski definition) is 5. The molecule has 3 rings (SSSR count). The number of rotatable bonds is 4. The first kappa shape index (κ1) is 16.2. The molecule has 122 valence electrons. The molecule has 0 bridgehead atoms. The summed E-state index contributed by atoms with van der Waals surface area (Å²) in [6, 6.07) is 12.1. The van der Waals surface area contributed by atoms with Gasteiger partial charge in [-0.05, 0) is 36.4 Å². The average Bonchev–Trinajstić information content (AvgIpc) is 2.83. The number of hydrogen-bond donors (Lipinski definition) is 1. The van der Waals surface area contributed by atoms with Gasteiger partial charge in [0.25, 0.3) is 0 Å². The van der Waals surface area contributed by atoms with Gasteiger partial charge in [-0.25, -0.2) is 9.88 Å². The molecule has 0 saturated carbocycles. The first-order chi connectivity index (χ1) is 11.5. The van der Waals surface area contributed by atoms with Gasteiger partial charge in [0, 0.05) is 25.2 Å². The van der Waals surface area contributed by atoms with Crippen molar-refractivity contribution in [1.82, 2.24) is 4.98 Å². The number of pyridine rings is 1. The molecule has 6 nitrogen and oxygen atoms in total. The minimum atomic E-state index is -0.470. The molecule has 1 aliphatic heterocycles. The van der Waals surface area contributed by atoms with Gasteiger partial charge in [-0.2, -0.15) is 0 Å². The molecular weight excluding hydrogens is 326 g/mol. The lowest BCUT2D eigenvalue weighted by molar-refractivity contribution is -0.121. The van der Waals surface area contributed by atoms with E-state index in [4.69, 9.17) is 0 Å². The minimum Gasteiger partial charge on any atom is -0.326 e. The number of nitrogens with zero attached hydrogens (tertiary/aromatic N) is 2. The normalized spacial score (nSPS) is 17.2. The Bertz CT molecular complexity index is 777. The number of imide groups is 1. The van der Waals surface area contributed by atoms with Gasteiger partial charge < -0.3 is 5.32 Å². The molecule has 1 unspecified atom stereocenters. The minimum absolute atomic E-state index is 0.146. The van der Waals surface area contributed by atoms with Crippen molar-refractivity contribution < 1.29 is 14.4 Å². The smallest absolute Gasteiger partial charge is 0.247 e. The molecule has 3 amide bonds. The van der Waals surface area contributed by atoms with Crippen LogP contribution in [0.3, 0.4) is 0 Å². The van der Waals surface area contributed by atoms with Crippen LogP contribution in [0, 0.1) is 0 Å². The van der Waals surface area contributed by atoms with E-state index in [-0.39, 0.29) is 24.1 Å². The fourth-order valence-electron chi connectivity index (χ4n) is 2.43. The summed E-state index contributed by atoms with van der Waals surface area (Å²) in [4.78, 5) is 41.2. The number of aromatic nitrogens is 1. The van der Waals surface area contributed by atoms with Gasteiger partial charge in [-0.15, -0.1) is 0 Å². The van der Waals surface area contributed by atoms with Crippen molar-refractivity contribution in [3.63, 3.8) is 0 Å². The fourth-order valence-corrected chi connectivity index (χ4v) is 3.43. The molecular formula is C17H15N3O3S. The highest BCUT2D eigenvalue weighted by Crippen LogP contribution is 2.33. The summed E-state index contributed by atoms with van der Waals surface area (Å²) in [5.74, 6) is -0.661. The lowest BCUT2D eigenvalue weighted by Gasteiger charge is -2.15. The molecule has 1 fully saturated rings. The van der Waals surface area contributed by atoms with Crippen LogP contribution in [0.15, 0.2) is 53.7 Å². The lowest BCUT2D eigenvalue weighted by atomic mass is 10.2. The number of thioether (sulfide) groups is 1. The maximum absolute atomic E-state index is 12.6. The standard InChI is InChI=1S/C17H15N3O3S/c1-11(21)19-12-5-7-13(8-6-12)20-16(22)10-14(17(20)23)24-15-4-2-3-9-18-15/h2-9,14H,10H2,1H3,(H,19,21). The van der Waals surface area contributed by atoms with Crippen LogP contribution in [-0.2, 0) is 14.4 Å². The van der Waals surface area contributed by atoms with E-state index < -0.39 is 5.25 Å². The molecule has 1 aliphatic rings. The highest BCUT2D eigenvalue weighted by molar-refractivity contribution is 8.00. The zero-order valence-corrected chi connectivity index (χ0v) is 13.7. The van der Waals surface area contributed by atoms with Crippen molar-refractivity contribution in [2.24, 2.45) is 0 Å². The predicted molar refractivity (Wildman–Crippen MR) is 91.7 cm³/mol. The second-order valence-corrected chi connectivity index (χ2v) is 6.50. The van der Waals surface area contributed by atoms with Crippen molar-refractivity contribution in [3.05, 3.63) is 48.7 Å². The van der Waals surface area contributed by atoms with Gasteiger partial charge in [-0.1, -0.05) is 17.8 Å². The summed E-state index contributed by atoms with van der Waals surface area (Å²) < 4.78 is 0. The summed E-state index contributed by atoms with van der Waals surface area (Å²) in [6.45, 7) is 1.42. The Morgan fingerprint density at radius 2 is 1.96 bits per heavy atom. The molecule has 0 spiro atoms. The Kier molecular flexibility index (Phi) is 4.61. The molecule has 0 aliphatic carbocycles. The van der Waals surface area contributed by atoms with Gasteiger partial charge in [0.2, 0.25) is 17.7 Å². The van der Waals surface area contributed by atoms with E-state index in [1.165, 1.54) is 23.6 Å². The number of benzene rings is 1. The van der Waals surface area contributed by atoms with E-state index >= 15 is 0 Å². The monoisotopic (exact) mass is 341 g/mol. The number of carbonyl (C=O) groups excluding carboxylic acids is 3. The Morgan fingerprint density at radius 3 is 2.58 bits per heavy atom. The second kappa shape index (κ2) is 6.84. The Morgan fingerprint density at radius 1 is 1.21 bits per heavy atom. The Labute approximate surface area is 143 Å². The molecule has 7 heteroatoms. The van der Waals surface area contributed by atoms with Crippen LogP contribution in [0.2, 0.25) is 0 Å². The molecule has 2 heterocycles. The Balaban J connectivity index is 1.75. The van der Waals surface area contributed by atoms with E-state index in [0.29, 0.717) is 16.4 Å². The summed E-state index contributed by atoms with van der Waals surface area (Å²) in [7, 11) is 0. The quantitative estimate of drug-likeness (QED) is 0.864. The van der Waals surface area contributed by atoms with Gasteiger partial charge in [0.15, 0.2) is 0 Å². The second-order valence-electron chi connectivity index (χ2n) is 5.27. The van der Waals surface area contributed by atoms with Crippen LogP contribution in [0.5, 0.6) is 0 Å². The van der Waals surface area contributed by atoms with Crippen LogP contribution >= 0.6 is 11.8 Å². The van der Waals surface area contributed by atoms with E-state index in [1.807, 2.05) is 12.1 Å². The van der Waals surface area contributed by atoms with E-state index in [1.54, 1.807) is 36.5 Å². The SMILES string of the molecule is CC(=O)Nc1ccc(N2C(=O)CC(Sc3ccccn3)C2=O)cc1. The third-order valence-corrected chi connectivity index (χ3v) is 4.59. The third-order valence-electron chi connectivity index (χ3n) is 3.45. The topological polar surface area (TPSA) is 79.4 Å². The molecule has 1 atom stereocenters. The highest BCUT2D eigenvalue weighted by atomic mass is 32.2. The number of amides is 3. The van der Waals surface area contributed by atoms with Crippen LogP contribution < -0.4 is 10.2 Å². The van der Waals surface area contributed by atoms with Gasteiger partial charge in [0.05, 0.1) is 16.0 Å². The van der Waals surface area contributed by atoms with Crippen molar-refractivity contribution >= 4 is 40.9 Å². The highest BCUT2D eigenvalue weighted by Gasteiger charge is 2.40. The lowest BCUT2D eigenvalue weighted by Crippen LogP contribution is -2.31. The van der Waals surface area contributed by atoms with E-state index in [9.17, 15) is 14.4 Å². The molecule has 1 saturated heterocycles. The molecule has 1 N–H and O–H groups in total. The Hall–Kier alpha value is -2.67. The van der Waals surface area contributed by atoms with E-state index in [2.05, 4.69) is 10.3 Å². The maximum atomic E-state index is 12.6. The van der Waals surface area contributed by atoms with Crippen molar-refractivity contribution in [2.45, 2.75) is 23.6 Å².